The predicted octanol–water partition coefficient (Wildman–Crippen LogP) is 2.44. The van der Waals surface area contributed by atoms with Gasteiger partial charge < -0.3 is 10.1 Å². The van der Waals surface area contributed by atoms with Gasteiger partial charge in [0.15, 0.2) is 0 Å². The Bertz CT molecular complexity index is 175. The molecule has 2 heteroatoms. The van der Waals surface area contributed by atoms with Crippen molar-refractivity contribution in [2.24, 2.45) is 10.8 Å². The first-order valence-electron chi connectivity index (χ1n) is 5.64. The predicted molar refractivity (Wildman–Crippen MR) is 60.5 cm³/mol. The van der Waals surface area contributed by atoms with E-state index in [4.69, 9.17) is 4.74 Å². The van der Waals surface area contributed by atoms with Crippen molar-refractivity contribution >= 4 is 0 Å². The topological polar surface area (TPSA) is 21.3 Å². The number of morpholine rings is 1. The van der Waals surface area contributed by atoms with E-state index in [1.165, 1.54) is 6.42 Å². The number of nitrogens with one attached hydrogen (secondary N) is 1. The average Bonchev–Trinajstić information content (AvgIpc) is 2.03. The third-order valence-corrected chi connectivity index (χ3v) is 3.79. The van der Waals surface area contributed by atoms with Gasteiger partial charge in [-0.25, -0.2) is 0 Å². The van der Waals surface area contributed by atoms with Crippen LogP contribution >= 0.6 is 0 Å². The van der Waals surface area contributed by atoms with Crippen LogP contribution in [0.5, 0.6) is 0 Å². The fourth-order valence-electron chi connectivity index (χ4n) is 1.67. The zero-order valence-corrected chi connectivity index (χ0v) is 10.3. The summed E-state index contributed by atoms with van der Waals surface area (Å²) in [5.41, 5.74) is 0.706. The van der Waals surface area contributed by atoms with E-state index in [-0.39, 0.29) is 0 Å². The lowest BCUT2D eigenvalue weighted by molar-refractivity contribution is 0.0344. The molecule has 2 nitrogen and oxygen atoms in total. The normalized spacial score (nSPS) is 25.1. The molecule has 1 unspecified atom stereocenters. The van der Waals surface area contributed by atoms with Crippen LogP contribution in [0.2, 0.25) is 0 Å². The molecule has 0 amide bonds. The second kappa shape index (κ2) is 4.19. The maximum atomic E-state index is 5.48. The first kappa shape index (κ1) is 12.0. The van der Waals surface area contributed by atoms with Crippen molar-refractivity contribution in [3.8, 4) is 0 Å². The van der Waals surface area contributed by atoms with Crippen LogP contribution in [0.4, 0.5) is 0 Å². The number of ether oxygens (including phenoxy) is 1. The minimum atomic E-state index is 0.353. The van der Waals surface area contributed by atoms with E-state index in [0.717, 1.165) is 19.8 Å². The highest BCUT2D eigenvalue weighted by molar-refractivity contribution is 4.87. The van der Waals surface area contributed by atoms with E-state index < -0.39 is 0 Å². The van der Waals surface area contributed by atoms with Crippen LogP contribution in [0.1, 0.15) is 41.0 Å². The highest BCUT2D eigenvalue weighted by Crippen LogP contribution is 2.41. The van der Waals surface area contributed by atoms with Crippen LogP contribution < -0.4 is 5.32 Å². The summed E-state index contributed by atoms with van der Waals surface area (Å²) in [6.45, 7) is 14.4. The van der Waals surface area contributed by atoms with Gasteiger partial charge in [-0.15, -0.1) is 0 Å². The van der Waals surface area contributed by atoms with Crippen LogP contribution in [-0.2, 0) is 4.74 Å². The quantitative estimate of drug-likeness (QED) is 0.737. The molecular weight excluding hydrogens is 174 g/mol. The van der Waals surface area contributed by atoms with Gasteiger partial charge >= 0.3 is 0 Å². The van der Waals surface area contributed by atoms with Gasteiger partial charge in [-0.2, -0.15) is 0 Å². The lowest BCUT2D eigenvalue weighted by Crippen LogP contribution is -2.46. The summed E-state index contributed by atoms with van der Waals surface area (Å²) in [5.74, 6) is 0. The molecule has 1 fully saturated rings. The summed E-state index contributed by atoms with van der Waals surface area (Å²) in [5, 5.41) is 3.52. The molecule has 1 rings (SSSR count). The summed E-state index contributed by atoms with van der Waals surface area (Å²) < 4.78 is 5.48. The molecule has 84 valence electrons. The van der Waals surface area contributed by atoms with E-state index in [2.05, 4.69) is 39.9 Å². The molecule has 0 spiro atoms. The molecule has 1 saturated heterocycles. The maximum Gasteiger partial charge on any atom is 0.0620 e. The molecule has 1 heterocycles. The Morgan fingerprint density at radius 2 is 1.86 bits per heavy atom. The first-order chi connectivity index (χ1) is 6.33. The molecule has 0 aromatic heterocycles. The van der Waals surface area contributed by atoms with Crippen LogP contribution in [0, 0.1) is 10.8 Å². The van der Waals surface area contributed by atoms with Crippen LogP contribution in [0.3, 0.4) is 0 Å². The Kier molecular flexibility index (Phi) is 3.59. The zero-order valence-electron chi connectivity index (χ0n) is 10.3. The molecule has 1 aliphatic rings. The smallest absolute Gasteiger partial charge is 0.0620 e. The Hall–Kier alpha value is -0.0800. The lowest BCUT2D eigenvalue weighted by atomic mass is 9.66. The van der Waals surface area contributed by atoms with Crippen LogP contribution in [0.25, 0.3) is 0 Å². The van der Waals surface area contributed by atoms with E-state index >= 15 is 0 Å². The summed E-state index contributed by atoms with van der Waals surface area (Å²) in [6, 6.07) is 0.540. The van der Waals surface area contributed by atoms with Crippen molar-refractivity contribution in [1.29, 1.82) is 0 Å². The lowest BCUT2D eigenvalue weighted by Gasteiger charge is -2.42. The van der Waals surface area contributed by atoms with Crippen molar-refractivity contribution in [3.63, 3.8) is 0 Å². The molecule has 0 radical (unpaired) electrons. The van der Waals surface area contributed by atoms with E-state index in [0.29, 0.717) is 16.9 Å². The van der Waals surface area contributed by atoms with Crippen LogP contribution in [0.15, 0.2) is 0 Å². The van der Waals surface area contributed by atoms with Crippen molar-refractivity contribution < 1.29 is 4.74 Å². The van der Waals surface area contributed by atoms with E-state index in [1.807, 2.05) is 0 Å². The second-order valence-corrected chi connectivity index (χ2v) is 6.06. The summed E-state index contributed by atoms with van der Waals surface area (Å²) in [4.78, 5) is 0. The van der Waals surface area contributed by atoms with Gasteiger partial charge in [0, 0.05) is 12.6 Å². The van der Waals surface area contributed by atoms with Gasteiger partial charge in [0.25, 0.3) is 0 Å². The van der Waals surface area contributed by atoms with Crippen molar-refractivity contribution in [2.75, 3.05) is 19.8 Å². The van der Waals surface area contributed by atoms with E-state index in [9.17, 15) is 0 Å². The maximum absolute atomic E-state index is 5.48. The molecular formula is C12H25NO. The van der Waals surface area contributed by atoms with Crippen molar-refractivity contribution in [2.45, 2.75) is 47.1 Å². The minimum absolute atomic E-state index is 0.353. The Labute approximate surface area is 88.4 Å². The summed E-state index contributed by atoms with van der Waals surface area (Å²) in [6.07, 6.45) is 1.19. The Morgan fingerprint density at radius 1 is 1.21 bits per heavy atom. The average molecular weight is 199 g/mol. The first-order valence-corrected chi connectivity index (χ1v) is 5.64. The highest BCUT2D eigenvalue weighted by atomic mass is 16.5. The van der Waals surface area contributed by atoms with Crippen molar-refractivity contribution in [1.82, 2.24) is 5.32 Å². The molecule has 0 saturated carbocycles. The molecule has 1 N–H and O–H groups in total. The molecule has 0 aromatic carbocycles. The Morgan fingerprint density at radius 3 is 2.29 bits per heavy atom. The van der Waals surface area contributed by atoms with E-state index in [1.54, 1.807) is 0 Å². The monoisotopic (exact) mass is 199 g/mol. The fourth-order valence-corrected chi connectivity index (χ4v) is 1.67. The standard InChI is InChI=1S/C12H25NO/c1-11(2,3)12(4,5)8-10-9-14-7-6-13-10/h10,13H,6-9H2,1-5H3. The molecule has 1 atom stereocenters. The summed E-state index contributed by atoms with van der Waals surface area (Å²) in [7, 11) is 0. The van der Waals surface area contributed by atoms with Gasteiger partial charge in [0.1, 0.15) is 0 Å². The summed E-state index contributed by atoms with van der Waals surface area (Å²) >= 11 is 0. The largest absolute Gasteiger partial charge is 0.379 e. The van der Waals surface area contributed by atoms with Gasteiger partial charge in [0.2, 0.25) is 0 Å². The number of hydrogen-bond acceptors (Lipinski definition) is 2. The molecule has 1 aliphatic heterocycles. The minimum Gasteiger partial charge on any atom is -0.379 e. The van der Waals surface area contributed by atoms with Crippen molar-refractivity contribution in [3.05, 3.63) is 0 Å². The zero-order chi connectivity index (χ0) is 10.8. The second-order valence-electron chi connectivity index (χ2n) is 6.06. The third kappa shape index (κ3) is 2.96. The van der Waals surface area contributed by atoms with Crippen LogP contribution in [-0.4, -0.2) is 25.8 Å². The third-order valence-electron chi connectivity index (χ3n) is 3.79. The molecule has 14 heavy (non-hydrogen) atoms. The molecule has 0 aliphatic carbocycles. The van der Waals surface area contributed by atoms with Gasteiger partial charge in [-0.3, -0.25) is 0 Å². The molecule has 0 bridgehead atoms. The molecule has 0 aromatic rings. The highest BCUT2D eigenvalue weighted by Gasteiger charge is 2.35. The fraction of sp³-hybridized carbons (Fsp3) is 1.00. The number of hydrogen-bond donors (Lipinski definition) is 1. The SMILES string of the molecule is CC(C)(C)C(C)(C)CC1COCCN1. The Balaban J connectivity index is 2.49. The van der Waals surface area contributed by atoms with Gasteiger partial charge in [0.05, 0.1) is 13.2 Å². The van der Waals surface area contributed by atoms with Gasteiger partial charge in [-0.05, 0) is 17.3 Å². The van der Waals surface area contributed by atoms with Gasteiger partial charge in [-0.1, -0.05) is 34.6 Å². The number of rotatable bonds is 2.